The Kier molecular flexibility index (Phi) is 7.45. The molecule has 3 rings (SSSR count). The largest absolute Gasteiger partial charge is 0.465 e. The molecule has 0 saturated heterocycles. The van der Waals surface area contributed by atoms with E-state index in [0.717, 1.165) is 10.8 Å². The van der Waals surface area contributed by atoms with Crippen LogP contribution in [0.2, 0.25) is 0 Å². The molecule has 3 aromatic rings. The summed E-state index contributed by atoms with van der Waals surface area (Å²) in [7, 11) is 0. The molecule has 0 aromatic heterocycles. The zero-order valence-electron chi connectivity index (χ0n) is 16.1. The first-order valence-electron chi connectivity index (χ1n) is 9.33. The van der Waals surface area contributed by atoms with Crippen LogP contribution in [0.25, 0.3) is 10.8 Å². The van der Waals surface area contributed by atoms with Crippen molar-refractivity contribution in [3.05, 3.63) is 72.3 Å². The third-order valence-corrected chi connectivity index (χ3v) is 4.32. The van der Waals surface area contributed by atoms with Gasteiger partial charge in [-0.15, -0.1) is 0 Å². The Labute approximate surface area is 179 Å². The second-order valence-electron chi connectivity index (χ2n) is 6.34. The lowest BCUT2D eigenvalue weighted by Crippen LogP contribution is -2.13. The number of ether oxygens (including phenoxy) is 3. The number of hydrogen-bond acceptors (Lipinski definition) is 7. The van der Waals surface area contributed by atoms with E-state index in [1.165, 1.54) is 24.3 Å². The Bertz CT molecular complexity index is 1050. The van der Waals surface area contributed by atoms with E-state index in [1.807, 2.05) is 30.3 Å². The van der Waals surface area contributed by atoms with E-state index < -0.39 is 17.9 Å². The topological polar surface area (TPSA) is 78.9 Å². The van der Waals surface area contributed by atoms with Gasteiger partial charge in [-0.25, -0.2) is 4.79 Å². The molecular formula is C23H20O6S. The highest BCUT2D eigenvalue weighted by Crippen LogP contribution is 2.22. The Balaban J connectivity index is 1.53. The molecule has 0 saturated carbocycles. The number of hydrogen-bond donors (Lipinski definition) is 1. The van der Waals surface area contributed by atoms with E-state index in [1.54, 1.807) is 12.1 Å². The van der Waals surface area contributed by atoms with Crippen molar-refractivity contribution in [2.24, 2.45) is 0 Å². The molecule has 0 fully saturated rings. The maximum absolute atomic E-state index is 12.4. The van der Waals surface area contributed by atoms with Gasteiger partial charge in [0.1, 0.15) is 18.1 Å². The highest BCUT2D eigenvalue weighted by Gasteiger charge is 2.12. The molecule has 154 valence electrons. The molecule has 0 aliphatic carbocycles. The number of benzene rings is 3. The summed E-state index contributed by atoms with van der Waals surface area (Å²) >= 11 is 3.93. The highest BCUT2D eigenvalue weighted by atomic mass is 32.1. The number of esters is 3. The van der Waals surface area contributed by atoms with Gasteiger partial charge >= 0.3 is 17.9 Å². The summed E-state index contributed by atoms with van der Waals surface area (Å²) in [6.07, 6.45) is -0.167. The van der Waals surface area contributed by atoms with Gasteiger partial charge in [-0.2, -0.15) is 12.6 Å². The minimum absolute atomic E-state index is 0.0667. The van der Waals surface area contributed by atoms with Crippen molar-refractivity contribution in [3.8, 4) is 11.5 Å². The molecule has 30 heavy (non-hydrogen) atoms. The van der Waals surface area contributed by atoms with Crippen LogP contribution in [0.4, 0.5) is 0 Å². The lowest BCUT2D eigenvalue weighted by molar-refractivity contribution is -0.146. The lowest BCUT2D eigenvalue weighted by atomic mass is 10.1. The van der Waals surface area contributed by atoms with Crippen molar-refractivity contribution in [2.75, 3.05) is 12.4 Å². The number of fused-ring (bicyclic) bond motifs is 1. The van der Waals surface area contributed by atoms with Gasteiger partial charge < -0.3 is 14.2 Å². The Morgan fingerprint density at radius 2 is 1.40 bits per heavy atom. The first-order chi connectivity index (χ1) is 14.5. The number of rotatable bonds is 8. The molecule has 3 aromatic carbocycles. The van der Waals surface area contributed by atoms with Crippen LogP contribution >= 0.6 is 12.6 Å². The molecular weight excluding hydrogens is 404 g/mol. The first kappa shape index (κ1) is 21.4. The van der Waals surface area contributed by atoms with E-state index >= 15 is 0 Å². The molecule has 0 aliphatic rings. The highest BCUT2D eigenvalue weighted by molar-refractivity contribution is 7.80. The first-order valence-corrected chi connectivity index (χ1v) is 9.96. The summed E-state index contributed by atoms with van der Waals surface area (Å²) < 4.78 is 15.4. The van der Waals surface area contributed by atoms with E-state index in [-0.39, 0.29) is 25.2 Å². The summed E-state index contributed by atoms with van der Waals surface area (Å²) in [5.74, 6) is -0.427. The van der Waals surface area contributed by atoms with Gasteiger partial charge in [-0.1, -0.05) is 30.3 Å². The number of carbonyl (C=O) groups is 3. The fourth-order valence-electron chi connectivity index (χ4n) is 2.67. The van der Waals surface area contributed by atoms with E-state index in [2.05, 4.69) is 12.6 Å². The average molecular weight is 424 g/mol. The van der Waals surface area contributed by atoms with Crippen LogP contribution in [0.15, 0.2) is 66.7 Å². The van der Waals surface area contributed by atoms with E-state index in [9.17, 15) is 14.4 Å². The zero-order chi connectivity index (χ0) is 21.3. The van der Waals surface area contributed by atoms with Crippen molar-refractivity contribution < 1.29 is 28.6 Å². The average Bonchev–Trinajstić information content (AvgIpc) is 2.76. The quantitative estimate of drug-likeness (QED) is 0.331. The van der Waals surface area contributed by atoms with Gasteiger partial charge in [0.05, 0.1) is 18.4 Å². The van der Waals surface area contributed by atoms with Crippen molar-refractivity contribution in [1.29, 1.82) is 0 Å². The summed E-state index contributed by atoms with van der Waals surface area (Å²) in [6, 6.07) is 19.2. The lowest BCUT2D eigenvalue weighted by Gasteiger charge is -2.07. The summed E-state index contributed by atoms with van der Waals surface area (Å²) in [5, 5.41) is 2.03. The third-order valence-electron chi connectivity index (χ3n) is 4.14. The second kappa shape index (κ2) is 10.5. The van der Waals surface area contributed by atoms with Crippen LogP contribution in [-0.2, 0) is 14.3 Å². The van der Waals surface area contributed by atoms with Crippen LogP contribution in [0.3, 0.4) is 0 Å². The second-order valence-corrected chi connectivity index (χ2v) is 6.79. The molecule has 7 heteroatoms. The third kappa shape index (κ3) is 6.09. The van der Waals surface area contributed by atoms with E-state index in [4.69, 9.17) is 14.2 Å². The predicted octanol–water partition coefficient (Wildman–Crippen LogP) is 4.22. The van der Waals surface area contributed by atoms with Gasteiger partial charge in [0.15, 0.2) is 0 Å². The fourth-order valence-corrected chi connectivity index (χ4v) is 2.77. The SMILES string of the molecule is O=C(CCC(=O)Oc1ccc(C(=O)Oc2ccc3ccccc3c2)cc1)OCCS. The summed E-state index contributed by atoms with van der Waals surface area (Å²) in [5.41, 5.74) is 0.318. The molecule has 0 N–H and O–H groups in total. The van der Waals surface area contributed by atoms with Crippen LogP contribution in [0.1, 0.15) is 23.2 Å². The van der Waals surface area contributed by atoms with Gasteiger partial charge in [0, 0.05) is 5.75 Å². The molecule has 0 aliphatic heterocycles. The van der Waals surface area contributed by atoms with Crippen LogP contribution in [0, 0.1) is 0 Å². The maximum Gasteiger partial charge on any atom is 0.343 e. The van der Waals surface area contributed by atoms with Crippen LogP contribution in [-0.4, -0.2) is 30.3 Å². The molecule has 0 heterocycles. The van der Waals surface area contributed by atoms with Crippen molar-refractivity contribution >= 4 is 41.3 Å². The van der Waals surface area contributed by atoms with Crippen molar-refractivity contribution in [1.82, 2.24) is 0 Å². The van der Waals surface area contributed by atoms with Crippen molar-refractivity contribution in [2.45, 2.75) is 12.8 Å². The van der Waals surface area contributed by atoms with Gasteiger partial charge in [-0.3, -0.25) is 9.59 Å². The zero-order valence-corrected chi connectivity index (χ0v) is 17.0. The Morgan fingerprint density at radius 1 is 0.733 bits per heavy atom. The monoisotopic (exact) mass is 424 g/mol. The minimum Gasteiger partial charge on any atom is -0.465 e. The smallest absolute Gasteiger partial charge is 0.343 e. The molecule has 0 bridgehead atoms. The Morgan fingerprint density at radius 3 is 2.13 bits per heavy atom. The molecule has 0 atom stereocenters. The molecule has 0 unspecified atom stereocenters. The van der Waals surface area contributed by atoms with Gasteiger partial charge in [0.25, 0.3) is 0 Å². The van der Waals surface area contributed by atoms with E-state index in [0.29, 0.717) is 17.1 Å². The normalized spacial score (nSPS) is 10.4. The Hall–Kier alpha value is -3.32. The van der Waals surface area contributed by atoms with Gasteiger partial charge in [0.2, 0.25) is 0 Å². The standard InChI is InChI=1S/C23H20O6S/c24-21(27-13-14-30)11-12-22(25)28-19-8-6-17(7-9-19)23(26)29-20-10-5-16-3-1-2-4-18(16)15-20/h1-10,15,30H,11-14H2. The predicted molar refractivity (Wildman–Crippen MR) is 115 cm³/mol. The minimum atomic E-state index is -0.565. The van der Waals surface area contributed by atoms with Crippen molar-refractivity contribution in [3.63, 3.8) is 0 Å². The number of thiol groups is 1. The molecule has 6 nitrogen and oxygen atoms in total. The van der Waals surface area contributed by atoms with Crippen LogP contribution < -0.4 is 9.47 Å². The summed E-state index contributed by atoms with van der Waals surface area (Å²) in [4.78, 5) is 35.6. The number of carbonyl (C=O) groups excluding carboxylic acids is 3. The molecule has 0 spiro atoms. The molecule has 0 amide bonds. The van der Waals surface area contributed by atoms with Gasteiger partial charge in [-0.05, 0) is 47.2 Å². The van der Waals surface area contributed by atoms with Crippen LogP contribution in [0.5, 0.6) is 11.5 Å². The molecule has 0 radical (unpaired) electrons. The fraction of sp³-hybridized carbons (Fsp3) is 0.174. The summed E-state index contributed by atoms with van der Waals surface area (Å²) in [6.45, 7) is 0.202. The maximum atomic E-state index is 12.4.